The Morgan fingerprint density at radius 1 is 0.383 bits per heavy atom. The Morgan fingerprint density at radius 3 is 0.830 bits per heavy atom. The van der Waals surface area contributed by atoms with Crippen LogP contribution in [0.4, 0.5) is 0 Å². The fourth-order valence-electron chi connectivity index (χ4n) is 2.49. The summed E-state index contributed by atoms with van der Waals surface area (Å²) >= 11 is 0. The van der Waals surface area contributed by atoms with Gasteiger partial charge in [0.15, 0.2) is 0 Å². The van der Waals surface area contributed by atoms with E-state index in [0.717, 1.165) is 30.3 Å². The number of carboxylic acid groups (broad SMARTS) is 6. The fourth-order valence-corrected chi connectivity index (χ4v) is 3.04. The standard InChI is InChI=1S/C8H6O7S.2C8H6O4.7Na/c9-7(10)4-1-5(8(11)12)3-6(2-4)16(13,14)15;9-7(10)5-1-2-6(4-3-5)8(11)12;9-7(10)5-2-1-3-6(4-5)8(11)12;;;;;;;/h1-3H,(H,9,10)(H,11,12)(H,13,14,15);2*1-4H,(H,9,10)(H,11,12);;;;;;;/q;;;7*+1/p-7. The zero-order chi connectivity index (χ0) is 30.8. The smallest absolute Gasteiger partial charge is 0.744 e. The molecule has 0 fully saturated rings. The molecule has 0 spiro atoms. The topological polar surface area (TPSA) is 298 Å². The Bertz CT molecular complexity index is 1510. The molecule has 0 aliphatic carbocycles. The molecular formula is C24H11Na7O15S. The predicted octanol–water partition coefficient (Wildman–Crippen LogP) is -26.8. The molecule has 0 N–H and O–H groups in total. The van der Waals surface area contributed by atoms with Crippen LogP contribution in [0.2, 0.25) is 0 Å². The van der Waals surface area contributed by atoms with Gasteiger partial charge >= 0.3 is 207 Å². The zero-order valence-corrected chi connectivity index (χ0v) is 41.2. The van der Waals surface area contributed by atoms with Gasteiger partial charge in [0.1, 0.15) is 10.1 Å². The van der Waals surface area contributed by atoms with E-state index in [-0.39, 0.29) is 229 Å². The molecule has 15 nitrogen and oxygen atoms in total. The number of hydrogen-bond acceptors (Lipinski definition) is 15. The van der Waals surface area contributed by atoms with Gasteiger partial charge in [-0.25, -0.2) is 8.42 Å². The normalized spacial score (nSPS) is 8.53. The summed E-state index contributed by atoms with van der Waals surface area (Å²) in [6.07, 6.45) is 0. The van der Waals surface area contributed by atoms with Crippen LogP contribution in [-0.2, 0) is 10.1 Å². The van der Waals surface area contributed by atoms with E-state index in [1.54, 1.807) is 0 Å². The SMILES string of the molecule is O=C([O-])c1cc(C(=O)[O-])cc(S(=O)(=O)[O-])c1.O=C([O-])c1ccc(C(=O)[O-])cc1.O=C([O-])c1cccc(C(=O)[O-])c1.[Na+].[Na+].[Na+].[Na+].[Na+].[Na+].[Na+]. The molecule has 3 rings (SSSR count). The van der Waals surface area contributed by atoms with E-state index in [9.17, 15) is 72.4 Å². The quantitative estimate of drug-likeness (QED) is 0.161. The molecule has 0 aliphatic heterocycles. The van der Waals surface area contributed by atoms with Crippen LogP contribution < -0.4 is 238 Å². The van der Waals surface area contributed by atoms with Gasteiger partial charge in [0.25, 0.3) is 0 Å². The van der Waals surface area contributed by atoms with E-state index in [4.69, 9.17) is 0 Å². The second-order valence-corrected chi connectivity index (χ2v) is 8.46. The second kappa shape index (κ2) is 31.0. The predicted molar refractivity (Wildman–Crippen MR) is 113 cm³/mol. The number of rotatable bonds is 7. The van der Waals surface area contributed by atoms with Crippen LogP contribution in [0.15, 0.2) is 71.6 Å². The summed E-state index contributed by atoms with van der Waals surface area (Å²) in [6.45, 7) is 0. The number of aromatic carboxylic acids is 6. The molecule has 0 aliphatic rings. The van der Waals surface area contributed by atoms with Gasteiger partial charge in [0.2, 0.25) is 0 Å². The Labute approximate surface area is 422 Å². The molecule has 0 unspecified atom stereocenters. The molecule has 0 radical (unpaired) electrons. The van der Waals surface area contributed by atoms with Gasteiger partial charge in [-0.05, 0) is 57.6 Å². The van der Waals surface area contributed by atoms with Crippen molar-refractivity contribution < 1.29 is 279 Å². The molecule has 0 atom stereocenters. The molecule has 0 amide bonds. The molecule has 0 bridgehead atoms. The van der Waals surface area contributed by atoms with Gasteiger partial charge in [-0.3, -0.25) is 0 Å². The van der Waals surface area contributed by atoms with E-state index in [1.165, 1.54) is 18.2 Å². The van der Waals surface area contributed by atoms with E-state index in [1.807, 2.05) is 0 Å². The molecular weight excluding hydrogens is 721 g/mol. The minimum atomic E-state index is -4.95. The largest absolute Gasteiger partial charge is 1.00 e. The molecule has 0 heterocycles. The number of carbonyl (C=O) groups excluding carboxylic acids is 6. The summed E-state index contributed by atoms with van der Waals surface area (Å²) < 4.78 is 31.8. The van der Waals surface area contributed by atoms with E-state index in [0.29, 0.717) is 18.2 Å². The summed E-state index contributed by atoms with van der Waals surface area (Å²) in [5, 5.41) is 61.8. The number of hydrogen-bond donors (Lipinski definition) is 0. The van der Waals surface area contributed by atoms with Crippen LogP contribution in [0.1, 0.15) is 62.1 Å². The summed E-state index contributed by atoms with van der Waals surface area (Å²) in [4.78, 5) is 60.8. The Hall–Kier alpha value is 1.39. The first-order chi connectivity index (χ1) is 18.4. The molecule has 3 aromatic rings. The average molecular weight is 732 g/mol. The molecule has 47 heavy (non-hydrogen) atoms. The van der Waals surface area contributed by atoms with Gasteiger partial charge in [-0.2, -0.15) is 0 Å². The molecule has 0 saturated heterocycles. The third kappa shape index (κ3) is 24.3. The molecule has 3 aromatic carbocycles. The van der Waals surface area contributed by atoms with Crippen molar-refractivity contribution in [3.8, 4) is 0 Å². The van der Waals surface area contributed by atoms with Crippen molar-refractivity contribution >= 4 is 45.9 Å². The van der Waals surface area contributed by atoms with Crippen LogP contribution >= 0.6 is 0 Å². The molecule has 23 heteroatoms. The maximum absolute atomic E-state index is 10.6. The molecule has 210 valence electrons. The number of carboxylic acids is 6. The maximum atomic E-state index is 10.6. The van der Waals surface area contributed by atoms with Gasteiger partial charge in [0, 0.05) is 0 Å². The summed E-state index contributed by atoms with van der Waals surface area (Å²) in [5.74, 6) is -9.07. The minimum Gasteiger partial charge on any atom is -0.744 e. The molecule has 0 saturated carbocycles. The Morgan fingerprint density at radius 2 is 0.617 bits per heavy atom. The summed E-state index contributed by atoms with van der Waals surface area (Å²) in [6, 6.07) is 11.1. The second-order valence-electron chi connectivity index (χ2n) is 7.08. The van der Waals surface area contributed by atoms with Gasteiger partial charge < -0.3 is 64.0 Å². The van der Waals surface area contributed by atoms with Gasteiger partial charge in [0.05, 0.1) is 40.7 Å². The first kappa shape index (κ1) is 63.4. The van der Waals surface area contributed by atoms with Gasteiger partial charge in [-0.1, -0.05) is 42.5 Å². The van der Waals surface area contributed by atoms with Gasteiger partial charge in [-0.15, -0.1) is 0 Å². The van der Waals surface area contributed by atoms with Crippen LogP contribution in [0.3, 0.4) is 0 Å². The van der Waals surface area contributed by atoms with Crippen molar-refractivity contribution in [2.45, 2.75) is 4.90 Å². The van der Waals surface area contributed by atoms with Crippen LogP contribution in [0.5, 0.6) is 0 Å². The van der Waals surface area contributed by atoms with E-state index >= 15 is 0 Å². The third-order valence-electron chi connectivity index (χ3n) is 4.36. The van der Waals surface area contributed by atoms with Crippen molar-refractivity contribution in [2.75, 3.05) is 0 Å². The van der Waals surface area contributed by atoms with Crippen LogP contribution in [-0.4, -0.2) is 48.8 Å². The first-order valence-electron chi connectivity index (χ1n) is 10.0. The monoisotopic (exact) mass is 732 g/mol. The van der Waals surface area contributed by atoms with Crippen molar-refractivity contribution in [1.29, 1.82) is 0 Å². The summed E-state index contributed by atoms with van der Waals surface area (Å²) in [7, 11) is -4.95. The Balaban J connectivity index is -0.0000000961. The van der Waals surface area contributed by atoms with E-state index in [2.05, 4.69) is 0 Å². The van der Waals surface area contributed by atoms with Crippen LogP contribution in [0, 0.1) is 0 Å². The van der Waals surface area contributed by atoms with Crippen LogP contribution in [0.25, 0.3) is 0 Å². The minimum absolute atomic E-state index is 0. The zero-order valence-electron chi connectivity index (χ0n) is 26.4. The fraction of sp³-hybridized carbons (Fsp3) is 0. The van der Waals surface area contributed by atoms with E-state index < -0.39 is 62.0 Å². The van der Waals surface area contributed by atoms with Crippen molar-refractivity contribution in [3.63, 3.8) is 0 Å². The molecule has 0 aromatic heterocycles. The summed E-state index contributed by atoms with van der Waals surface area (Å²) in [5.41, 5.74) is -1.90. The third-order valence-corrected chi connectivity index (χ3v) is 5.17. The van der Waals surface area contributed by atoms with Crippen molar-refractivity contribution in [1.82, 2.24) is 0 Å². The first-order valence-corrected chi connectivity index (χ1v) is 11.4. The maximum Gasteiger partial charge on any atom is 1.00 e. The Kier molecular flexibility index (Phi) is 41.8. The number of carbonyl (C=O) groups is 6. The number of benzene rings is 3. The van der Waals surface area contributed by atoms with Crippen molar-refractivity contribution in [3.05, 3.63) is 100 Å². The average Bonchev–Trinajstić information content (AvgIpc) is 2.88. The van der Waals surface area contributed by atoms with Crippen molar-refractivity contribution in [2.24, 2.45) is 0 Å².